The van der Waals surface area contributed by atoms with Gasteiger partial charge in [-0.05, 0) is 18.6 Å². The first-order valence-corrected chi connectivity index (χ1v) is 4.78. The highest BCUT2D eigenvalue weighted by atomic mass is 19.1. The van der Waals surface area contributed by atoms with E-state index in [1.165, 1.54) is 12.1 Å². The Morgan fingerprint density at radius 2 is 2.13 bits per heavy atom. The summed E-state index contributed by atoms with van der Waals surface area (Å²) in [5, 5.41) is 0. The average Bonchev–Trinajstić information content (AvgIpc) is 2.59. The number of H-pyrrole nitrogens is 2. The highest BCUT2D eigenvalue weighted by molar-refractivity contribution is 5.61. The number of aromatic amines is 2. The van der Waals surface area contributed by atoms with Crippen molar-refractivity contribution in [3.63, 3.8) is 0 Å². The quantitative estimate of drug-likeness (QED) is 0.776. The van der Waals surface area contributed by atoms with Gasteiger partial charge in [-0.1, -0.05) is 19.1 Å². The highest BCUT2D eigenvalue weighted by Gasteiger charge is 2.07. The van der Waals surface area contributed by atoms with Crippen LogP contribution in [0.3, 0.4) is 0 Å². The molecule has 2 rings (SSSR count). The first-order valence-electron chi connectivity index (χ1n) is 4.78. The SMILES string of the molecule is CCc1[nH]c(=O)[nH]c1-c1cccc(F)c1. The Hall–Kier alpha value is -1.84. The zero-order chi connectivity index (χ0) is 10.8. The van der Waals surface area contributed by atoms with Gasteiger partial charge in [-0.2, -0.15) is 0 Å². The number of nitrogens with one attached hydrogen (secondary N) is 2. The van der Waals surface area contributed by atoms with Crippen LogP contribution in [-0.4, -0.2) is 9.97 Å². The molecule has 1 aromatic carbocycles. The molecule has 0 bridgehead atoms. The molecular formula is C11H11FN2O. The lowest BCUT2D eigenvalue weighted by molar-refractivity contribution is 0.628. The summed E-state index contributed by atoms with van der Waals surface area (Å²) in [5.41, 5.74) is 1.89. The number of aromatic nitrogens is 2. The Bertz CT molecular complexity index is 527. The summed E-state index contributed by atoms with van der Waals surface area (Å²) in [6.07, 6.45) is 0.699. The molecule has 0 spiro atoms. The van der Waals surface area contributed by atoms with Crippen LogP contribution in [-0.2, 0) is 6.42 Å². The second-order valence-electron chi connectivity index (χ2n) is 3.30. The van der Waals surface area contributed by atoms with Gasteiger partial charge in [-0.15, -0.1) is 0 Å². The lowest BCUT2D eigenvalue weighted by atomic mass is 10.1. The van der Waals surface area contributed by atoms with Gasteiger partial charge in [0.1, 0.15) is 5.82 Å². The van der Waals surface area contributed by atoms with E-state index >= 15 is 0 Å². The number of hydrogen-bond donors (Lipinski definition) is 2. The van der Waals surface area contributed by atoms with Crippen molar-refractivity contribution in [1.82, 2.24) is 9.97 Å². The number of rotatable bonds is 2. The molecule has 1 heterocycles. The van der Waals surface area contributed by atoms with Crippen LogP contribution >= 0.6 is 0 Å². The molecule has 2 N–H and O–H groups in total. The average molecular weight is 206 g/mol. The summed E-state index contributed by atoms with van der Waals surface area (Å²) < 4.78 is 13.0. The lowest BCUT2D eigenvalue weighted by Crippen LogP contribution is -2.00. The van der Waals surface area contributed by atoms with E-state index in [0.717, 1.165) is 5.69 Å². The molecule has 0 aliphatic heterocycles. The Labute approximate surface area is 86.0 Å². The van der Waals surface area contributed by atoms with Gasteiger partial charge in [0.2, 0.25) is 0 Å². The monoisotopic (exact) mass is 206 g/mol. The number of imidazole rings is 1. The van der Waals surface area contributed by atoms with Gasteiger partial charge in [-0.3, -0.25) is 0 Å². The minimum atomic E-state index is -0.309. The van der Waals surface area contributed by atoms with Gasteiger partial charge in [0.15, 0.2) is 0 Å². The number of aryl methyl sites for hydroxylation is 1. The molecule has 78 valence electrons. The molecule has 0 amide bonds. The van der Waals surface area contributed by atoms with Crippen LogP contribution in [0, 0.1) is 5.82 Å². The first kappa shape index (κ1) is 9.71. The van der Waals surface area contributed by atoms with Gasteiger partial charge in [0, 0.05) is 11.3 Å². The van der Waals surface area contributed by atoms with Crippen LogP contribution in [0.5, 0.6) is 0 Å². The highest BCUT2D eigenvalue weighted by Crippen LogP contribution is 2.19. The Balaban J connectivity index is 2.57. The summed E-state index contributed by atoms with van der Waals surface area (Å²) in [6, 6.07) is 6.16. The fourth-order valence-electron chi connectivity index (χ4n) is 1.58. The third-order valence-electron chi connectivity index (χ3n) is 2.27. The molecule has 0 saturated carbocycles. The zero-order valence-corrected chi connectivity index (χ0v) is 8.30. The molecule has 3 nitrogen and oxygen atoms in total. The third-order valence-corrected chi connectivity index (χ3v) is 2.27. The Morgan fingerprint density at radius 1 is 1.33 bits per heavy atom. The smallest absolute Gasteiger partial charge is 0.309 e. The molecular weight excluding hydrogens is 195 g/mol. The van der Waals surface area contributed by atoms with E-state index in [4.69, 9.17) is 0 Å². The molecule has 4 heteroatoms. The van der Waals surface area contributed by atoms with Crippen LogP contribution < -0.4 is 5.69 Å². The van der Waals surface area contributed by atoms with Crippen LogP contribution in [0.15, 0.2) is 29.1 Å². The normalized spacial score (nSPS) is 10.5. The van der Waals surface area contributed by atoms with Gasteiger partial charge in [-0.25, -0.2) is 9.18 Å². The van der Waals surface area contributed by atoms with E-state index in [2.05, 4.69) is 9.97 Å². The van der Waals surface area contributed by atoms with Crippen molar-refractivity contribution < 1.29 is 4.39 Å². The molecule has 0 radical (unpaired) electrons. The largest absolute Gasteiger partial charge is 0.323 e. The molecule has 2 aromatic rings. The fourth-order valence-corrected chi connectivity index (χ4v) is 1.58. The van der Waals surface area contributed by atoms with E-state index in [9.17, 15) is 9.18 Å². The van der Waals surface area contributed by atoms with E-state index in [1.807, 2.05) is 6.92 Å². The standard InChI is InChI=1S/C11H11FN2O/c1-2-9-10(14-11(15)13-9)7-4-3-5-8(12)6-7/h3-6H,2H2,1H3,(H2,13,14,15). The van der Waals surface area contributed by atoms with Crippen molar-refractivity contribution in [1.29, 1.82) is 0 Å². The maximum atomic E-state index is 13.0. The maximum Gasteiger partial charge on any atom is 0.323 e. The maximum absolute atomic E-state index is 13.0. The van der Waals surface area contributed by atoms with E-state index in [1.54, 1.807) is 12.1 Å². The topological polar surface area (TPSA) is 48.6 Å². The van der Waals surface area contributed by atoms with Gasteiger partial charge >= 0.3 is 5.69 Å². The van der Waals surface area contributed by atoms with Gasteiger partial charge in [0.25, 0.3) is 0 Å². The summed E-state index contributed by atoms with van der Waals surface area (Å²) in [7, 11) is 0. The number of halogens is 1. The minimum Gasteiger partial charge on any atom is -0.309 e. The molecule has 0 fully saturated rings. The Morgan fingerprint density at radius 3 is 2.80 bits per heavy atom. The Kier molecular flexibility index (Phi) is 2.41. The summed E-state index contributed by atoms with van der Waals surface area (Å²) in [4.78, 5) is 16.5. The molecule has 0 unspecified atom stereocenters. The van der Waals surface area contributed by atoms with Gasteiger partial charge in [0.05, 0.1) is 5.69 Å². The molecule has 0 atom stereocenters. The molecule has 0 saturated heterocycles. The summed E-state index contributed by atoms with van der Waals surface area (Å²) in [6.45, 7) is 1.93. The second kappa shape index (κ2) is 3.73. The second-order valence-corrected chi connectivity index (χ2v) is 3.30. The minimum absolute atomic E-state index is 0.258. The van der Waals surface area contributed by atoms with Crippen LogP contribution in [0.2, 0.25) is 0 Å². The van der Waals surface area contributed by atoms with Crippen LogP contribution in [0.1, 0.15) is 12.6 Å². The van der Waals surface area contributed by atoms with Crippen LogP contribution in [0.25, 0.3) is 11.3 Å². The molecule has 1 aromatic heterocycles. The van der Waals surface area contributed by atoms with Crippen molar-refractivity contribution in [2.24, 2.45) is 0 Å². The van der Waals surface area contributed by atoms with Gasteiger partial charge < -0.3 is 9.97 Å². The van der Waals surface area contributed by atoms with Crippen molar-refractivity contribution in [3.8, 4) is 11.3 Å². The summed E-state index contributed by atoms with van der Waals surface area (Å²) >= 11 is 0. The molecule has 0 aliphatic rings. The van der Waals surface area contributed by atoms with Crippen molar-refractivity contribution in [2.75, 3.05) is 0 Å². The molecule has 15 heavy (non-hydrogen) atoms. The lowest BCUT2D eigenvalue weighted by Gasteiger charge is -2.00. The first-order chi connectivity index (χ1) is 7.20. The number of hydrogen-bond acceptors (Lipinski definition) is 1. The molecule has 0 aliphatic carbocycles. The van der Waals surface area contributed by atoms with Crippen molar-refractivity contribution in [2.45, 2.75) is 13.3 Å². The van der Waals surface area contributed by atoms with E-state index in [0.29, 0.717) is 17.7 Å². The predicted octanol–water partition coefficient (Wildman–Crippen LogP) is 2.07. The number of benzene rings is 1. The van der Waals surface area contributed by atoms with E-state index in [-0.39, 0.29) is 11.5 Å². The summed E-state index contributed by atoms with van der Waals surface area (Å²) in [5.74, 6) is -0.309. The van der Waals surface area contributed by atoms with E-state index < -0.39 is 0 Å². The zero-order valence-electron chi connectivity index (χ0n) is 8.30. The third kappa shape index (κ3) is 1.83. The fraction of sp³-hybridized carbons (Fsp3) is 0.182. The van der Waals surface area contributed by atoms with Crippen LogP contribution in [0.4, 0.5) is 4.39 Å². The van der Waals surface area contributed by atoms with Crippen molar-refractivity contribution in [3.05, 3.63) is 46.3 Å². The predicted molar refractivity (Wildman–Crippen MR) is 56.2 cm³/mol. The van der Waals surface area contributed by atoms with Crippen molar-refractivity contribution >= 4 is 0 Å².